The summed E-state index contributed by atoms with van der Waals surface area (Å²) in [6.07, 6.45) is 2.03. The quantitative estimate of drug-likeness (QED) is 0.764. The Balaban J connectivity index is 1.80. The maximum absolute atomic E-state index is 13.2. The zero-order valence-corrected chi connectivity index (χ0v) is 17.0. The van der Waals surface area contributed by atoms with Crippen molar-refractivity contribution in [1.29, 1.82) is 0 Å². The molecule has 150 valence electrons. The molecule has 1 amide bonds. The minimum absolute atomic E-state index is 0.0563. The number of methoxy groups -OCH3 is 3. The molecular formula is C22H28N2O4. The highest BCUT2D eigenvalue weighted by atomic mass is 16.5. The Morgan fingerprint density at radius 1 is 1.04 bits per heavy atom. The van der Waals surface area contributed by atoms with E-state index in [2.05, 4.69) is 17.0 Å². The number of hydrogen-bond donors (Lipinski definition) is 0. The largest absolute Gasteiger partial charge is 0.493 e. The van der Waals surface area contributed by atoms with Gasteiger partial charge < -0.3 is 24.0 Å². The lowest BCUT2D eigenvalue weighted by molar-refractivity contribution is 0.0716. The van der Waals surface area contributed by atoms with Crippen LogP contribution in [-0.4, -0.2) is 58.3 Å². The number of piperidine rings is 1. The minimum Gasteiger partial charge on any atom is -0.493 e. The third-order valence-electron chi connectivity index (χ3n) is 5.30. The summed E-state index contributed by atoms with van der Waals surface area (Å²) >= 11 is 0. The molecule has 0 aromatic heterocycles. The number of likely N-dealkylation sites (N-methyl/N-ethyl adjacent to an activating group) is 1. The highest BCUT2D eigenvalue weighted by Gasteiger charge is 2.28. The van der Waals surface area contributed by atoms with E-state index in [0.29, 0.717) is 22.8 Å². The molecule has 1 atom stereocenters. The highest BCUT2D eigenvalue weighted by molar-refractivity contribution is 5.95. The van der Waals surface area contributed by atoms with Crippen molar-refractivity contribution in [1.82, 2.24) is 4.90 Å². The van der Waals surface area contributed by atoms with E-state index in [9.17, 15) is 4.79 Å². The van der Waals surface area contributed by atoms with Crippen molar-refractivity contribution in [2.24, 2.45) is 0 Å². The lowest BCUT2D eigenvalue weighted by atomic mass is 10.0. The predicted molar refractivity (Wildman–Crippen MR) is 110 cm³/mol. The van der Waals surface area contributed by atoms with Gasteiger partial charge in [-0.2, -0.15) is 0 Å². The zero-order chi connectivity index (χ0) is 20.1. The molecule has 1 fully saturated rings. The Bertz CT molecular complexity index is 784. The second-order valence-corrected chi connectivity index (χ2v) is 6.91. The molecule has 0 spiro atoms. The summed E-state index contributed by atoms with van der Waals surface area (Å²) < 4.78 is 16.1. The Morgan fingerprint density at radius 3 is 2.25 bits per heavy atom. The van der Waals surface area contributed by atoms with E-state index < -0.39 is 0 Å². The fourth-order valence-electron chi connectivity index (χ4n) is 3.72. The Morgan fingerprint density at radius 2 is 1.68 bits per heavy atom. The first kappa shape index (κ1) is 19.9. The molecule has 3 rings (SSSR count). The average molecular weight is 384 g/mol. The van der Waals surface area contributed by atoms with Crippen LogP contribution in [0.2, 0.25) is 0 Å². The number of benzene rings is 2. The molecule has 1 unspecified atom stereocenters. The van der Waals surface area contributed by atoms with E-state index in [0.717, 1.165) is 25.9 Å². The fourth-order valence-corrected chi connectivity index (χ4v) is 3.72. The SMILES string of the molecule is COc1cc(C(=O)N(C)C2CCCN(c3ccccc3)C2)cc(OC)c1OC. The van der Waals surface area contributed by atoms with Gasteiger partial charge in [-0.3, -0.25) is 4.79 Å². The number of rotatable bonds is 6. The van der Waals surface area contributed by atoms with E-state index in [1.54, 1.807) is 33.5 Å². The summed E-state index contributed by atoms with van der Waals surface area (Å²) in [7, 11) is 6.52. The number of anilines is 1. The van der Waals surface area contributed by atoms with Crippen LogP contribution >= 0.6 is 0 Å². The van der Waals surface area contributed by atoms with Crippen LogP contribution in [0.3, 0.4) is 0 Å². The van der Waals surface area contributed by atoms with Crippen LogP contribution in [0.1, 0.15) is 23.2 Å². The summed E-state index contributed by atoms with van der Waals surface area (Å²) in [6, 6.07) is 13.9. The van der Waals surface area contributed by atoms with Crippen molar-refractivity contribution in [3.63, 3.8) is 0 Å². The van der Waals surface area contributed by atoms with Crippen LogP contribution in [-0.2, 0) is 0 Å². The Kier molecular flexibility index (Phi) is 6.29. The number of amides is 1. The van der Waals surface area contributed by atoms with Crippen molar-refractivity contribution in [3.8, 4) is 17.2 Å². The molecule has 2 aromatic rings. The van der Waals surface area contributed by atoms with Crippen LogP contribution in [0, 0.1) is 0 Å². The van der Waals surface area contributed by atoms with E-state index in [-0.39, 0.29) is 11.9 Å². The molecular weight excluding hydrogens is 356 g/mol. The standard InChI is InChI=1S/C22H28N2O4/c1-23(18-11-8-12-24(15-18)17-9-6-5-7-10-17)22(25)16-13-19(26-2)21(28-4)20(14-16)27-3/h5-7,9-10,13-14,18H,8,11-12,15H2,1-4H3. The van der Waals surface area contributed by atoms with Gasteiger partial charge in [0, 0.05) is 37.4 Å². The Labute approximate surface area is 166 Å². The molecule has 1 aliphatic rings. The van der Waals surface area contributed by atoms with Gasteiger partial charge in [-0.1, -0.05) is 18.2 Å². The normalized spacial score (nSPS) is 16.4. The van der Waals surface area contributed by atoms with E-state index in [1.807, 2.05) is 30.1 Å². The van der Waals surface area contributed by atoms with E-state index in [4.69, 9.17) is 14.2 Å². The first-order valence-corrected chi connectivity index (χ1v) is 9.46. The van der Waals surface area contributed by atoms with Gasteiger partial charge in [0.1, 0.15) is 0 Å². The summed E-state index contributed by atoms with van der Waals surface area (Å²) in [5.41, 5.74) is 1.72. The molecule has 0 bridgehead atoms. The predicted octanol–water partition coefficient (Wildman–Crippen LogP) is 3.45. The smallest absolute Gasteiger partial charge is 0.254 e. The molecule has 0 saturated carbocycles. The van der Waals surface area contributed by atoms with Crippen molar-refractivity contribution < 1.29 is 19.0 Å². The maximum Gasteiger partial charge on any atom is 0.254 e. The first-order chi connectivity index (χ1) is 13.6. The summed E-state index contributed by atoms with van der Waals surface area (Å²) in [5, 5.41) is 0. The average Bonchev–Trinajstić information content (AvgIpc) is 2.77. The molecule has 2 aromatic carbocycles. The molecule has 0 N–H and O–H groups in total. The fraction of sp³-hybridized carbons (Fsp3) is 0.409. The number of carbonyl (C=O) groups is 1. The molecule has 0 aliphatic carbocycles. The molecule has 1 heterocycles. The maximum atomic E-state index is 13.2. The number of para-hydroxylation sites is 1. The zero-order valence-electron chi connectivity index (χ0n) is 17.0. The van der Waals surface area contributed by atoms with Crippen molar-refractivity contribution in [3.05, 3.63) is 48.0 Å². The van der Waals surface area contributed by atoms with Crippen molar-refractivity contribution in [2.45, 2.75) is 18.9 Å². The molecule has 6 heteroatoms. The van der Waals surface area contributed by atoms with Crippen LogP contribution in [0.4, 0.5) is 5.69 Å². The monoisotopic (exact) mass is 384 g/mol. The third kappa shape index (κ3) is 4.01. The number of nitrogens with zero attached hydrogens (tertiary/aromatic N) is 2. The third-order valence-corrected chi connectivity index (χ3v) is 5.30. The van der Waals surface area contributed by atoms with E-state index in [1.165, 1.54) is 5.69 Å². The van der Waals surface area contributed by atoms with Gasteiger partial charge in [-0.05, 0) is 37.1 Å². The van der Waals surface area contributed by atoms with Gasteiger partial charge in [-0.15, -0.1) is 0 Å². The Hall–Kier alpha value is -2.89. The summed E-state index contributed by atoms with van der Waals surface area (Å²) in [6.45, 7) is 1.82. The number of ether oxygens (including phenoxy) is 3. The van der Waals surface area contributed by atoms with Gasteiger partial charge >= 0.3 is 0 Å². The highest BCUT2D eigenvalue weighted by Crippen LogP contribution is 2.38. The minimum atomic E-state index is -0.0563. The van der Waals surface area contributed by atoms with E-state index >= 15 is 0 Å². The van der Waals surface area contributed by atoms with Gasteiger partial charge in [0.25, 0.3) is 5.91 Å². The summed E-state index contributed by atoms with van der Waals surface area (Å²) in [5.74, 6) is 1.39. The van der Waals surface area contributed by atoms with Crippen LogP contribution in [0.5, 0.6) is 17.2 Å². The molecule has 1 saturated heterocycles. The molecule has 0 radical (unpaired) electrons. The van der Waals surface area contributed by atoms with Gasteiger partial charge in [0.15, 0.2) is 11.5 Å². The lowest BCUT2D eigenvalue weighted by Crippen LogP contribution is -2.48. The summed E-state index contributed by atoms with van der Waals surface area (Å²) in [4.78, 5) is 17.3. The molecule has 6 nitrogen and oxygen atoms in total. The number of hydrogen-bond acceptors (Lipinski definition) is 5. The van der Waals surface area contributed by atoms with Gasteiger partial charge in [-0.25, -0.2) is 0 Å². The second-order valence-electron chi connectivity index (χ2n) is 6.91. The van der Waals surface area contributed by atoms with Crippen LogP contribution < -0.4 is 19.1 Å². The van der Waals surface area contributed by atoms with Crippen molar-refractivity contribution >= 4 is 11.6 Å². The first-order valence-electron chi connectivity index (χ1n) is 9.46. The number of carbonyl (C=O) groups excluding carboxylic acids is 1. The van der Waals surface area contributed by atoms with Gasteiger partial charge in [0.2, 0.25) is 5.75 Å². The molecule has 1 aliphatic heterocycles. The van der Waals surface area contributed by atoms with Crippen LogP contribution in [0.25, 0.3) is 0 Å². The van der Waals surface area contributed by atoms with Gasteiger partial charge in [0.05, 0.1) is 21.3 Å². The van der Waals surface area contributed by atoms with Crippen LogP contribution in [0.15, 0.2) is 42.5 Å². The lowest BCUT2D eigenvalue weighted by Gasteiger charge is -2.39. The second kappa shape index (κ2) is 8.87. The van der Waals surface area contributed by atoms with Crippen molar-refractivity contribution in [2.75, 3.05) is 46.4 Å². The topological polar surface area (TPSA) is 51.2 Å². The molecule has 28 heavy (non-hydrogen) atoms.